The number of anilines is 1. The van der Waals surface area contributed by atoms with Crippen LogP contribution < -0.4 is 11.1 Å². The molecule has 0 radical (unpaired) electrons. The molecule has 4 heteroatoms. The molecule has 2 rings (SSSR count). The Balaban J connectivity index is 1.94. The van der Waals surface area contributed by atoms with Gasteiger partial charge < -0.3 is 11.1 Å². The first-order valence-electron chi connectivity index (χ1n) is 6.45. The monoisotopic (exact) mass is 272 g/mol. The smallest absolute Gasteiger partial charge is 0.251 e. The molecule has 2 aromatic rings. The van der Waals surface area contributed by atoms with Crippen LogP contribution in [-0.2, 0) is 6.42 Å². The van der Waals surface area contributed by atoms with Crippen molar-refractivity contribution in [2.24, 2.45) is 0 Å². The van der Waals surface area contributed by atoms with Gasteiger partial charge in [0.25, 0.3) is 5.91 Å². The quantitative estimate of drug-likeness (QED) is 0.841. The second-order valence-corrected chi connectivity index (χ2v) is 4.71. The minimum Gasteiger partial charge on any atom is -0.399 e. The highest BCUT2D eigenvalue weighted by Crippen LogP contribution is 2.12. The third-order valence-electron chi connectivity index (χ3n) is 3.09. The van der Waals surface area contributed by atoms with Gasteiger partial charge in [0, 0.05) is 17.8 Å². The van der Waals surface area contributed by atoms with Gasteiger partial charge in [-0.05, 0) is 48.7 Å². The van der Waals surface area contributed by atoms with Gasteiger partial charge in [-0.2, -0.15) is 0 Å². The van der Waals surface area contributed by atoms with Gasteiger partial charge in [-0.15, -0.1) is 0 Å². The molecular formula is C16H17FN2O. The predicted molar refractivity (Wildman–Crippen MR) is 78.0 cm³/mol. The molecule has 0 spiro atoms. The minimum absolute atomic E-state index is 0.161. The first-order valence-corrected chi connectivity index (χ1v) is 6.45. The van der Waals surface area contributed by atoms with Gasteiger partial charge in [-0.3, -0.25) is 4.79 Å². The minimum atomic E-state index is -0.263. The fourth-order valence-electron chi connectivity index (χ4n) is 1.99. The van der Waals surface area contributed by atoms with Crippen LogP contribution in [0.25, 0.3) is 0 Å². The van der Waals surface area contributed by atoms with E-state index in [2.05, 4.69) is 5.32 Å². The van der Waals surface area contributed by atoms with E-state index < -0.39 is 0 Å². The Labute approximate surface area is 117 Å². The number of carbonyl (C=O) groups is 1. The fourth-order valence-corrected chi connectivity index (χ4v) is 1.99. The van der Waals surface area contributed by atoms with Crippen molar-refractivity contribution in [3.63, 3.8) is 0 Å². The second-order valence-electron chi connectivity index (χ2n) is 4.71. The van der Waals surface area contributed by atoms with Crippen molar-refractivity contribution in [3.8, 4) is 0 Å². The van der Waals surface area contributed by atoms with Crippen LogP contribution in [0.3, 0.4) is 0 Å². The van der Waals surface area contributed by atoms with Gasteiger partial charge in [-0.1, -0.05) is 18.2 Å². The Kier molecular flexibility index (Phi) is 4.35. The Morgan fingerprint density at radius 2 is 2.05 bits per heavy atom. The largest absolute Gasteiger partial charge is 0.399 e. The molecule has 0 aromatic heterocycles. The van der Waals surface area contributed by atoms with Gasteiger partial charge in [0.1, 0.15) is 5.82 Å². The van der Waals surface area contributed by atoms with Crippen LogP contribution >= 0.6 is 0 Å². The van der Waals surface area contributed by atoms with Gasteiger partial charge in [0.05, 0.1) is 0 Å². The summed E-state index contributed by atoms with van der Waals surface area (Å²) in [5.41, 5.74) is 8.55. The SMILES string of the molecule is Cc1ccc(N)cc1C(=O)NCCc1cccc(F)c1. The maximum absolute atomic E-state index is 13.0. The molecule has 0 atom stereocenters. The number of amides is 1. The number of rotatable bonds is 4. The Hall–Kier alpha value is -2.36. The summed E-state index contributed by atoms with van der Waals surface area (Å²) in [6, 6.07) is 11.6. The summed E-state index contributed by atoms with van der Waals surface area (Å²) in [4.78, 5) is 12.0. The van der Waals surface area contributed by atoms with E-state index >= 15 is 0 Å². The zero-order valence-electron chi connectivity index (χ0n) is 11.3. The molecule has 3 N–H and O–H groups in total. The van der Waals surface area contributed by atoms with E-state index in [0.29, 0.717) is 24.2 Å². The first-order chi connectivity index (χ1) is 9.56. The van der Waals surface area contributed by atoms with E-state index in [9.17, 15) is 9.18 Å². The number of hydrogen-bond donors (Lipinski definition) is 2. The van der Waals surface area contributed by atoms with Crippen molar-refractivity contribution >= 4 is 11.6 Å². The van der Waals surface area contributed by atoms with E-state index in [0.717, 1.165) is 11.1 Å². The van der Waals surface area contributed by atoms with Gasteiger partial charge in [0.2, 0.25) is 0 Å². The van der Waals surface area contributed by atoms with Crippen molar-refractivity contribution < 1.29 is 9.18 Å². The maximum Gasteiger partial charge on any atom is 0.251 e. The van der Waals surface area contributed by atoms with Crippen LogP contribution in [0.15, 0.2) is 42.5 Å². The lowest BCUT2D eigenvalue weighted by Gasteiger charge is -2.08. The molecule has 104 valence electrons. The predicted octanol–water partition coefficient (Wildman–Crippen LogP) is 2.69. The molecule has 0 heterocycles. The molecule has 0 saturated carbocycles. The number of nitrogens with two attached hydrogens (primary N) is 1. The lowest BCUT2D eigenvalue weighted by atomic mass is 10.1. The van der Waals surface area contributed by atoms with Gasteiger partial charge >= 0.3 is 0 Å². The summed E-state index contributed by atoms with van der Waals surface area (Å²) >= 11 is 0. The van der Waals surface area contributed by atoms with Crippen molar-refractivity contribution in [2.45, 2.75) is 13.3 Å². The molecule has 0 aliphatic rings. The molecule has 1 amide bonds. The lowest BCUT2D eigenvalue weighted by Crippen LogP contribution is -2.26. The summed E-state index contributed by atoms with van der Waals surface area (Å²) in [5, 5.41) is 2.82. The molecule has 0 unspecified atom stereocenters. The Bertz CT molecular complexity index is 626. The highest BCUT2D eigenvalue weighted by atomic mass is 19.1. The van der Waals surface area contributed by atoms with E-state index in [1.54, 1.807) is 18.2 Å². The van der Waals surface area contributed by atoms with E-state index in [4.69, 9.17) is 5.73 Å². The van der Waals surface area contributed by atoms with Crippen LogP contribution in [0, 0.1) is 12.7 Å². The molecule has 0 aliphatic heterocycles. The van der Waals surface area contributed by atoms with Gasteiger partial charge in [-0.25, -0.2) is 4.39 Å². The van der Waals surface area contributed by atoms with Gasteiger partial charge in [0.15, 0.2) is 0 Å². The molecule has 0 fully saturated rings. The summed E-state index contributed by atoms with van der Waals surface area (Å²) in [5.74, 6) is -0.424. The second kappa shape index (κ2) is 6.19. The molecule has 0 bridgehead atoms. The van der Waals surface area contributed by atoms with Crippen LogP contribution in [-0.4, -0.2) is 12.5 Å². The summed E-state index contributed by atoms with van der Waals surface area (Å²) in [6.45, 7) is 2.32. The normalized spacial score (nSPS) is 10.3. The molecular weight excluding hydrogens is 255 g/mol. The highest BCUT2D eigenvalue weighted by molar-refractivity contribution is 5.96. The lowest BCUT2D eigenvalue weighted by molar-refractivity contribution is 0.0953. The highest BCUT2D eigenvalue weighted by Gasteiger charge is 2.08. The number of carbonyl (C=O) groups excluding carboxylic acids is 1. The number of halogens is 1. The third-order valence-corrected chi connectivity index (χ3v) is 3.09. The summed E-state index contributed by atoms with van der Waals surface area (Å²) < 4.78 is 13.0. The van der Waals surface area contributed by atoms with Crippen molar-refractivity contribution in [1.82, 2.24) is 5.32 Å². The van der Waals surface area contributed by atoms with Crippen molar-refractivity contribution in [2.75, 3.05) is 12.3 Å². The molecule has 2 aromatic carbocycles. The average molecular weight is 272 g/mol. The average Bonchev–Trinajstić information content (AvgIpc) is 2.41. The molecule has 0 aliphatic carbocycles. The van der Waals surface area contributed by atoms with Crippen LogP contribution in [0.5, 0.6) is 0 Å². The zero-order valence-corrected chi connectivity index (χ0v) is 11.3. The van der Waals surface area contributed by atoms with Crippen LogP contribution in [0.4, 0.5) is 10.1 Å². The Morgan fingerprint density at radius 3 is 2.80 bits per heavy atom. The first kappa shape index (κ1) is 14.1. The van der Waals surface area contributed by atoms with Crippen molar-refractivity contribution in [3.05, 3.63) is 65.0 Å². The van der Waals surface area contributed by atoms with E-state index in [-0.39, 0.29) is 11.7 Å². The fraction of sp³-hybridized carbons (Fsp3) is 0.188. The van der Waals surface area contributed by atoms with E-state index in [1.165, 1.54) is 12.1 Å². The number of benzene rings is 2. The Morgan fingerprint density at radius 1 is 1.25 bits per heavy atom. The molecule has 0 saturated heterocycles. The summed E-state index contributed by atoms with van der Waals surface area (Å²) in [6.07, 6.45) is 0.588. The topological polar surface area (TPSA) is 55.1 Å². The number of hydrogen-bond acceptors (Lipinski definition) is 2. The standard InChI is InChI=1S/C16H17FN2O/c1-11-5-6-14(18)10-15(11)16(20)19-8-7-12-3-2-4-13(17)9-12/h2-6,9-10H,7-8,18H2,1H3,(H,19,20). The maximum atomic E-state index is 13.0. The van der Waals surface area contributed by atoms with Crippen LogP contribution in [0.2, 0.25) is 0 Å². The van der Waals surface area contributed by atoms with Crippen molar-refractivity contribution in [1.29, 1.82) is 0 Å². The number of aryl methyl sites for hydroxylation is 1. The third kappa shape index (κ3) is 3.57. The zero-order chi connectivity index (χ0) is 14.5. The summed E-state index contributed by atoms with van der Waals surface area (Å²) in [7, 11) is 0. The molecule has 3 nitrogen and oxygen atoms in total. The van der Waals surface area contributed by atoms with Crippen LogP contribution in [0.1, 0.15) is 21.5 Å². The molecule has 20 heavy (non-hydrogen) atoms. The number of nitrogen functional groups attached to an aromatic ring is 1. The van der Waals surface area contributed by atoms with E-state index in [1.807, 2.05) is 19.1 Å². The number of nitrogens with one attached hydrogen (secondary N) is 1.